The second-order valence-corrected chi connectivity index (χ2v) is 4.58. The highest BCUT2D eigenvalue weighted by molar-refractivity contribution is 6.30. The van der Waals surface area contributed by atoms with Crippen LogP contribution >= 0.6 is 23.2 Å². The highest BCUT2D eigenvalue weighted by atomic mass is 35.5. The number of ketones is 1. The van der Waals surface area contributed by atoms with Crippen LogP contribution in [0.4, 0.5) is 0 Å². The van der Waals surface area contributed by atoms with Crippen LogP contribution in [0.5, 0.6) is 0 Å². The molecule has 0 spiro atoms. The number of rotatable bonds is 4. The molecule has 1 atom stereocenters. The predicted molar refractivity (Wildman–Crippen MR) is 64.8 cm³/mol. The Balaban J connectivity index is 2.99. The van der Waals surface area contributed by atoms with Crippen molar-refractivity contribution in [2.45, 2.75) is 19.8 Å². The van der Waals surface area contributed by atoms with E-state index in [1.165, 1.54) is 0 Å². The quantitative estimate of drug-likeness (QED) is 0.735. The maximum absolute atomic E-state index is 11.7. The molecule has 0 aromatic heterocycles. The van der Waals surface area contributed by atoms with Crippen LogP contribution in [0.1, 0.15) is 25.3 Å². The summed E-state index contributed by atoms with van der Waals surface area (Å²) in [5.41, 5.74) is 0.986. The summed E-state index contributed by atoms with van der Waals surface area (Å²) in [4.78, 5) is 11.7. The van der Waals surface area contributed by atoms with Crippen molar-refractivity contribution in [3.05, 3.63) is 34.9 Å². The first-order valence-electron chi connectivity index (χ1n) is 4.90. The normalized spacial score (nSPS) is 12.9. The van der Waals surface area contributed by atoms with Crippen LogP contribution in [0.25, 0.3) is 0 Å². The van der Waals surface area contributed by atoms with Crippen LogP contribution in [0.2, 0.25) is 5.02 Å². The van der Waals surface area contributed by atoms with Gasteiger partial charge in [-0.3, -0.25) is 4.79 Å². The van der Waals surface area contributed by atoms with Crippen molar-refractivity contribution < 1.29 is 4.79 Å². The monoisotopic (exact) mass is 244 g/mol. The van der Waals surface area contributed by atoms with Gasteiger partial charge < -0.3 is 0 Å². The number of carbonyl (C=O) groups excluding carboxylic acids is 1. The third-order valence-electron chi connectivity index (χ3n) is 2.37. The molecule has 1 unspecified atom stereocenters. The average molecular weight is 245 g/mol. The van der Waals surface area contributed by atoms with Crippen LogP contribution in [0, 0.1) is 5.92 Å². The number of alkyl halides is 1. The molecule has 0 saturated heterocycles. The molecule has 0 heterocycles. The van der Waals surface area contributed by atoms with Gasteiger partial charge in [0.2, 0.25) is 0 Å². The summed E-state index contributed by atoms with van der Waals surface area (Å²) < 4.78 is 0. The van der Waals surface area contributed by atoms with Crippen molar-refractivity contribution in [3.8, 4) is 0 Å². The van der Waals surface area contributed by atoms with E-state index < -0.39 is 0 Å². The van der Waals surface area contributed by atoms with E-state index >= 15 is 0 Å². The lowest BCUT2D eigenvalue weighted by molar-refractivity contribution is -0.119. The van der Waals surface area contributed by atoms with Gasteiger partial charge in [0.1, 0.15) is 0 Å². The number of benzene rings is 1. The highest BCUT2D eigenvalue weighted by Crippen LogP contribution is 2.26. The molecule has 1 aromatic carbocycles. The van der Waals surface area contributed by atoms with Gasteiger partial charge in [-0.2, -0.15) is 0 Å². The van der Waals surface area contributed by atoms with Gasteiger partial charge >= 0.3 is 0 Å². The molecule has 0 fully saturated rings. The molecule has 0 N–H and O–H groups in total. The molecule has 1 nitrogen and oxygen atoms in total. The molecule has 1 rings (SSSR count). The Morgan fingerprint density at radius 2 is 1.80 bits per heavy atom. The van der Waals surface area contributed by atoms with Crippen LogP contribution in [-0.2, 0) is 4.79 Å². The van der Waals surface area contributed by atoms with Gasteiger partial charge in [0.25, 0.3) is 0 Å². The standard InChI is InChI=1S/C12H14Cl2O/c1-8(2)12(11(15)7-13)9-3-5-10(14)6-4-9/h3-6,8,12H,7H2,1-2H3. The number of Topliss-reactive ketones (excluding diaryl/α,β-unsaturated/α-hetero) is 1. The van der Waals surface area contributed by atoms with E-state index in [1.54, 1.807) is 12.1 Å². The zero-order valence-corrected chi connectivity index (χ0v) is 10.3. The first-order valence-corrected chi connectivity index (χ1v) is 5.81. The van der Waals surface area contributed by atoms with Gasteiger partial charge in [-0.05, 0) is 23.6 Å². The minimum absolute atomic E-state index is 0.0610. The zero-order chi connectivity index (χ0) is 11.4. The lowest BCUT2D eigenvalue weighted by Gasteiger charge is -2.18. The van der Waals surface area contributed by atoms with E-state index in [0.717, 1.165) is 5.56 Å². The first kappa shape index (κ1) is 12.5. The van der Waals surface area contributed by atoms with E-state index in [-0.39, 0.29) is 23.5 Å². The van der Waals surface area contributed by atoms with Crippen LogP contribution in [0.3, 0.4) is 0 Å². The molecule has 0 amide bonds. The van der Waals surface area contributed by atoms with Crippen LogP contribution in [0.15, 0.2) is 24.3 Å². The van der Waals surface area contributed by atoms with Gasteiger partial charge in [-0.25, -0.2) is 0 Å². The summed E-state index contributed by atoms with van der Waals surface area (Å²) in [7, 11) is 0. The van der Waals surface area contributed by atoms with Crippen molar-refractivity contribution in [1.29, 1.82) is 0 Å². The Kier molecular flexibility index (Phi) is 4.62. The minimum atomic E-state index is -0.125. The second kappa shape index (κ2) is 5.53. The molecule has 0 bridgehead atoms. The predicted octanol–water partition coefficient (Wildman–Crippen LogP) is 3.89. The largest absolute Gasteiger partial charge is 0.298 e. The molecule has 0 radical (unpaired) electrons. The lowest BCUT2D eigenvalue weighted by atomic mass is 9.85. The maximum Gasteiger partial charge on any atom is 0.155 e. The maximum atomic E-state index is 11.7. The van der Waals surface area contributed by atoms with E-state index in [0.29, 0.717) is 5.02 Å². The third kappa shape index (κ3) is 3.22. The Hall–Kier alpha value is -0.530. The van der Waals surface area contributed by atoms with Gasteiger partial charge in [0.05, 0.1) is 5.88 Å². The fourth-order valence-electron chi connectivity index (χ4n) is 1.70. The molecule has 0 aliphatic carbocycles. The summed E-state index contributed by atoms with van der Waals surface area (Å²) in [6.45, 7) is 4.04. The molecular formula is C12H14Cl2O. The summed E-state index contributed by atoms with van der Waals surface area (Å²) in [5, 5.41) is 0.680. The number of hydrogen-bond acceptors (Lipinski definition) is 1. The number of hydrogen-bond donors (Lipinski definition) is 0. The molecule has 0 aliphatic rings. The average Bonchev–Trinajstić information content (AvgIpc) is 2.20. The van der Waals surface area contributed by atoms with Crippen molar-refractivity contribution in [2.24, 2.45) is 5.92 Å². The van der Waals surface area contributed by atoms with E-state index in [2.05, 4.69) is 0 Å². The SMILES string of the molecule is CC(C)C(C(=O)CCl)c1ccc(Cl)cc1. The van der Waals surface area contributed by atoms with E-state index in [4.69, 9.17) is 23.2 Å². The third-order valence-corrected chi connectivity index (χ3v) is 2.89. The molecule has 3 heteroatoms. The molecule has 15 heavy (non-hydrogen) atoms. The fourth-order valence-corrected chi connectivity index (χ4v) is 1.99. The smallest absolute Gasteiger partial charge is 0.155 e. The summed E-state index contributed by atoms with van der Waals surface area (Å²) in [6.07, 6.45) is 0. The minimum Gasteiger partial charge on any atom is -0.298 e. The Bertz CT molecular complexity index is 330. The highest BCUT2D eigenvalue weighted by Gasteiger charge is 2.22. The first-order chi connectivity index (χ1) is 7.06. The van der Waals surface area contributed by atoms with Gasteiger partial charge in [-0.15, -0.1) is 11.6 Å². The fraction of sp³-hybridized carbons (Fsp3) is 0.417. The van der Waals surface area contributed by atoms with E-state index in [1.807, 2.05) is 26.0 Å². The van der Waals surface area contributed by atoms with Gasteiger partial charge in [0, 0.05) is 10.9 Å². The van der Waals surface area contributed by atoms with Crippen molar-refractivity contribution >= 4 is 29.0 Å². The van der Waals surface area contributed by atoms with E-state index in [9.17, 15) is 4.79 Å². The molecule has 82 valence electrons. The Morgan fingerprint density at radius 3 is 2.20 bits per heavy atom. The van der Waals surface area contributed by atoms with Gasteiger partial charge in [-0.1, -0.05) is 37.6 Å². The number of carbonyl (C=O) groups is 1. The Labute approximate surface area is 100 Å². The summed E-state index contributed by atoms with van der Waals surface area (Å²) in [5.74, 6) is 0.247. The van der Waals surface area contributed by atoms with Crippen molar-refractivity contribution in [2.75, 3.05) is 5.88 Å². The molecule has 0 saturated carbocycles. The number of halogens is 2. The zero-order valence-electron chi connectivity index (χ0n) is 8.84. The molecular weight excluding hydrogens is 231 g/mol. The van der Waals surface area contributed by atoms with Crippen LogP contribution < -0.4 is 0 Å². The Morgan fingerprint density at radius 1 is 1.27 bits per heavy atom. The lowest BCUT2D eigenvalue weighted by Crippen LogP contribution is -2.19. The topological polar surface area (TPSA) is 17.1 Å². The molecule has 1 aromatic rings. The van der Waals surface area contributed by atoms with Crippen molar-refractivity contribution in [3.63, 3.8) is 0 Å². The molecule has 0 aliphatic heterocycles. The van der Waals surface area contributed by atoms with Gasteiger partial charge in [0.15, 0.2) is 5.78 Å². The van der Waals surface area contributed by atoms with Crippen molar-refractivity contribution in [1.82, 2.24) is 0 Å². The summed E-state index contributed by atoms with van der Waals surface area (Å²) >= 11 is 11.4. The second-order valence-electron chi connectivity index (χ2n) is 3.87. The van der Waals surface area contributed by atoms with Crippen LogP contribution in [-0.4, -0.2) is 11.7 Å². The summed E-state index contributed by atoms with van der Waals surface area (Å²) in [6, 6.07) is 7.37.